The normalized spacial score (nSPS) is 17.6. The van der Waals surface area contributed by atoms with E-state index < -0.39 is 11.4 Å². The molecule has 4 aliphatic heterocycles. The fraction of sp³-hybridized carbons (Fsp3) is 0.333. The molecule has 4 aromatic rings. The van der Waals surface area contributed by atoms with Crippen molar-refractivity contribution in [3.63, 3.8) is 0 Å². The summed E-state index contributed by atoms with van der Waals surface area (Å²) in [6, 6.07) is 27.1. The van der Waals surface area contributed by atoms with E-state index in [0.29, 0.717) is 58.5 Å². The number of esters is 2. The lowest BCUT2D eigenvalue weighted by Crippen LogP contribution is -2.36. The number of benzene rings is 4. The molecule has 326 valence electrons. The van der Waals surface area contributed by atoms with Crippen LogP contribution in [-0.2, 0) is 19.1 Å². The lowest BCUT2D eigenvalue weighted by atomic mass is 9.82. The second-order valence-corrected chi connectivity index (χ2v) is 16.7. The number of rotatable bonds is 8. The van der Waals surface area contributed by atoms with E-state index >= 15 is 0 Å². The van der Waals surface area contributed by atoms with Crippen molar-refractivity contribution in [2.24, 2.45) is 32.8 Å². The molecule has 12 heteroatoms. The molecule has 0 saturated carbocycles. The molecule has 0 aromatic heterocycles. The lowest BCUT2D eigenvalue weighted by Gasteiger charge is -2.24. The maximum absolute atomic E-state index is 12.7. The minimum Gasteiger partial charge on any atom is -0.463 e. The highest BCUT2D eigenvalue weighted by Gasteiger charge is 2.36. The molecule has 1 unspecified atom stereocenters. The first-order chi connectivity index (χ1) is 30.3. The molecular weight excluding hydrogens is 793 g/mol. The van der Waals surface area contributed by atoms with Gasteiger partial charge in [-0.1, -0.05) is 43.3 Å². The molecule has 4 aromatic carbocycles. The van der Waals surface area contributed by atoms with Crippen LogP contribution in [0.2, 0.25) is 0 Å². The summed E-state index contributed by atoms with van der Waals surface area (Å²) in [5.41, 5.74) is 21.0. The van der Waals surface area contributed by atoms with Crippen LogP contribution in [0.1, 0.15) is 92.1 Å². The van der Waals surface area contributed by atoms with Gasteiger partial charge in [0.15, 0.2) is 0 Å². The Kier molecular flexibility index (Phi) is 13.4. The van der Waals surface area contributed by atoms with Crippen LogP contribution in [0.25, 0.3) is 34.4 Å². The monoisotopic (exact) mass is 848 g/mol. The van der Waals surface area contributed by atoms with Gasteiger partial charge in [0.2, 0.25) is 0 Å². The Hall–Kier alpha value is -6.82. The first-order valence-electron chi connectivity index (χ1n) is 21.8. The second-order valence-electron chi connectivity index (χ2n) is 16.7. The van der Waals surface area contributed by atoms with Gasteiger partial charge in [-0.25, -0.2) is 19.6 Å². The van der Waals surface area contributed by atoms with Crippen LogP contribution < -0.4 is 11.5 Å². The highest BCUT2D eigenvalue weighted by Crippen LogP contribution is 2.39. The van der Waals surface area contributed by atoms with E-state index in [9.17, 15) is 19.2 Å². The van der Waals surface area contributed by atoms with Gasteiger partial charge in [0.05, 0.1) is 35.6 Å². The third-order valence-corrected chi connectivity index (χ3v) is 12.1. The van der Waals surface area contributed by atoms with Gasteiger partial charge in [-0.2, -0.15) is 0 Å². The third kappa shape index (κ3) is 9.65. The van der Waals surface area contributed by atoms with Crippen LogP contribution in [0.3, 0.4) is 0 Å². The van der Waals surface area contributed by atoms with Crippen LogP contribution in [0, 0.1) is 11.3 Å². The first kappa shape index (κ1) is 44.2. The Morgan fingerprint density at radius 2 is 1.05 bits per heavy atom. The molecule has 0 aliphatic carbocycles. The molecule has 2 amide bonds. The SMILES string of the molecule is CCOC(=O)C1=Cc2cc(-c3ccc(C(=O)N4CCCC4)cc3)ccc2N=C(N)C1(C)C.CCOC(=O)C1=Cc2cc(-c3ccc(C(=O)N4CCCC4)cc3)ccc2N=C(N)C1C. The second kappa shape index (κ2) is 19.1. The van der Waals surface area contributed by atoms with Crippen LogP contribution in [0.4, 0.5) is 11.4 Å². The van der Waals surface area contributed by atoms with E-state index in [2.05, 4.69) is 9.98 Å². The summed E-state index contributed by atoms with van der Waals surface area (Å²) in [5, 5.41) is 0. The smallest absolute Gasteiger partial charge is 0.335 e. The summed E-state index contributed by atoms with van der Waals surface area (Å²) in [6.07, 6.45) is 7.94. The van der Waals surface area contributed by atoms with Crippen LogP contribution in [-0.4, -0.2) is 84.6 Å². The zero-order valence-corrected chi connectivity index (χ0v) is 36.8. The van der Waals surface area contributed by atoms with E-state index in [-0.39, 0.29) is 23.7 Å². The van der Waals surface area contributed by atoms with Gasteiger partial charge < -0.3 is 30.7 Å². The van der Waals surface area contributed by atoms with Gasteiger partial charge in [-0.15, -0.1) is 0 Å². The minimum atomic E-state index is -0.747. The molecule has 0 spiro atoms. The molecule has 2 saturated heterocycles. The van der Waals surface area contributed by atoms with Crippen molar-refractivity contribution in [1.82, 2.24) is 9.80 Å². The zero-order valence-electron chi connectivity index (χ0n) is 36.8. The largest absolute Gasteiger partial charge is 0.463 e. The zero-order chi connectivity index (χ0) is 44.8. The van der Waals surface area contributed by atoms with Crippen molar-refractivity contribution in [1.29, 1.82) is 0 Å². The summed E-state index contributed by atoms with van der Waals surface area (Å²) >= 11 is 0. The third-order valence-electron chi connectivity index (χ3n) is 12.1. The molecule has 8 rings (SSSR count). The van der Waals surface area contributed by atoms with Gasteiger partial charge in [-0.3, -0.25) is 9.59 Å². The van der Waals surface area contributed by atoms with E-state index in [1.165, 1.54) is 0 Å². The summed E-state index contributed by atoms with van der Waals surface area (Å²) in [5.74, 6) is -0.166. The Morgan fingerprint density at radius 3 is 1.52 bits per heavy atom. The van der Waals surface area contributed by atoms with Gasteiger partial charge >= 0.3 is 11.9 Å². The van der Waals surface area contributed by atoms with Crippen molar-refractivity contribution in [3.05, 3.63) is 118 Å². The number of fused-ring (bicyclic) bond motifs is 2. The van der Waals surface area contributed by atoms with E-state index in [0.717, 1.165) is 85.2 Å². The number of likely N-dealkylation sites (tertiary alicyclic amines) is 2. The molecule has 63 heavy (non-hydrogen) atoms. The minimum absolute atomic E-state index is 0.0880. The van der Waals surface area contributed by atoms with Crippen molar-refractivity contribution in [2.45, 2.75) is 60.3 Å². The summed E-state index contributed by atoms with van der Waals surface area (Å²) in [6.45, 7) is 13.1. The molecule has 12 nitrogen and oxygen atoms in total. The number of carbonyl (C=O) groups excluding carboxylic acids is 4. The molecule has 4 aliphatic rings. The Morgan fingerprint density at radius 1 is 0.619 bits per heavy atom. The van der Waals surface area contributed by atoms with Gasteiger partial charge in [0.25, 0.3) is 11.8 Å². The molecule has 4 heterocycles. The molecule has 0 radical (unpaired) electrons. The highest BCUT2D eigenvalue weighted by molar-refractivity contribution is 6.07. The number of hydrogen-bond donors (Lipinski definition) is 2. The fourth-order valence-corrected chi connectivity index (χ4v) is 8.12. The van der Waals surface area contributed by atoms with E-state index in [4.69, 9.17) is 20.9 Å². The summed E-state index contributed by atoms with van der Waals surface area (Å²) in [7, 11) is 0. The Labute approximate surface area is 369 Å². The number of amidine groups is 2. The number of ether oxygens (including phenoxy) is 2. The number of aliphatic imine (C=N–C) groups is 2. The van der Waals surface area contributed by atoms with Crippen LogP contribution in [0.15, 0.2) is 106 Å². The molecule has 1 atom stereocenters. The molecule has 4 N–H and O–H groups in total. The van der Waals surface area contributed by atoms with Crippen molar-refractivity contribution < 1.29 is 28.7 Å². The number of nitrogens with two attached hydrogens (primary N) is 2. The van der Waals surface area contributed by atoms with Crippen molar-refractivity contribution in [3.8, 4) is 22.3 Å². The van der Waals surface area contributed by atoms with E-state index in [1.54, 1.807) is 13.8 Å². The lowest BCUT2D eigenvalue weighted by molar-refractivity contribution is -0.139. The number of amides is 2. The Balaban J connectivity index is 0.000000189. The fourth-order valence-electron chi connectivity index (χ4n) is 8.12. The molecular formula is C51H56N6O6. The van der Waals surface area contributed by atoms with Crippen LogP contribution in [0.5, 0.6) is 0 Å². The maximum Gasteiger partial charge on any atom is 0.335 e. The first-order valence-corrected chi connectivity index (χ1v) is 21.8. The van der Waals surface area contributed by atoms with Crippen molar-refractivity contribution >= 4 is 59.0 Å². The number of carbonyl (C=O) groups is 4. The number of nitrogens with zero attached hydrogens (tertiary/aromatic N) is 4. The quantitative estimate of drug-likeness (QED) is 0.166. The molecule has 2 fully saturated rings. The predicted octanol–water partition coefficient (Wildman–Crippen LogP) is 8.74. The standard InChI is InChI=1S/C26H29N3O3.C25H27N3O3/c1-4-32-24(31)21-16-20-15-19(11-12-22(20)28-25(27)26(21,2)3)17-7-9-18(10-8-17)23(30)29-13-5-6-14-29;1-3-31-25(30)21-15-20-14-19(10-11-22(20)27-23(26)16(21)2)17-6-8-18(9-7-17)24(29)28-12-4-5-13-28/h7-12,15-16H,4-6,13-14H2,1-3H3,(H2,27,28);6-11,14-16H,3-5,12-13H2,1-2H3,(H2,26,27). The average molecular weight is 849 g/mol. The summed E-state index contributed by atoms with van der Waals surface area (Å²) < 4.78 is 10.5. The predicted molar refractivity (Wildman–Crippen MR) is 249 cm³/mol. The molecule has 0 bridgehead atoms. The van der Waals surface area contributed by atoms with Gasteiger partial charge in [-0.05, 0) is 136 Å². The average Bonchev–Trinajstić information content (AvgIpc) is 4.01. The van der Waals surface area contributed by atoms with Crippen molar-refractivity contribution in [2.75, 3.05) is 39.4 Å². The van der Waals surface area contributed by atoms with E-state index in [1.807, 2.05) is 128 Å². The van der Waals surface area contributed by atoms with Gasteiger partial charge in [0.1, 0.15) is 11.7 Å². The number of hydrogen-bond acceptors (Lipinski definition) is 10. The maximum atomic E-state index is 12.7. The summed E-state index contributed by atoms with van der Waals surface area (Å²) in [4.78, 5) is 63.2. The Bertz CT molecular complexity index is 2520. The highest BCUT2D eigenvalue weighted by atomic mass is 16.5. The van der Waals surface area contributed by atoms with Crippen LogP contribution >= 0.6 is 0 Å². The van der Waals surface area contributed by atoms with Gasteiger partial charge in [0, 0.05) is 59.9 Å². The topological polar surface area (TPSA) is 170 Å².